The Kier molecular flexibility index (Phi) is 3.19. The molecule has 0 aliphatic rings. The molecule has 0 radical (unpaired) electrons. The molecule has 0 amide bonds. The van der Waals surface area contributed by atoms with Crippen LogP contribution in [0.25, 0.3) is 0 Å². The summed E-state index contributed by atoms with van der Waals surface area (Å²) >= 11 is 0. The molecule has 0 aliphatic heterocycles. The van der Waals surface area contributed by atoms with E-state index in [1.54, 1.807) is 0 Å². The monoisotopic (exact) mass is 216 g/mol. The van der Waals surface area contributed by atoms with Gasteiger partial charge in [0.05, 0.1) is 12.5 Å². The fourth-order valence-electron chi connectivity index (χ4n) is 0.745. The third-order valence-electron chi connectivity index (χ3n) is 1.30. The molecule has 0 unspecified atom stereocenters. The van der Waals surface area contributed by atoms with Crippen molar-refractivity contribution in [3.8, 4) is 0 Å². The van der Waals surface area contributed by atoms with E-state index in [1.807, 2.05) is 4.83 Å². The summed E-state index contributed by atoms with van der Waals surface area (Å²) in [5.41, 5.74) is 0.613. The van der Waals surface area contributed by atoms with Crippen molar-refractivity contribution in [2.45, 2.75) is 0 Å². The number of hydrogen-bond donors (Lipinski definition) is 1. The molecular weight excluding hydrogens is 207 g/mol. The Balaban J connectivity index is 2.65. The molecule has 1 aromatic rings. The zero-order chi connectivity index (χ0) is 10.6. The third-order valence-corrected chi connectivity index (χ3v) is 1.74. The maximum atomic E-state index is 12.4. The van der Waals surface area contributed by atoms with Gasteiger partial charge in [-0.2, -0.15) is 5.10 Å². The number of rotatable bonds is 3. The Bertz CT molecular complexity index is 425. The van der Waals surface area contributed by atoms with Gasteiger partial charge in [0.25, 0.3) is 0 Å². The van der Waals surface area contributed by atoms with Gasteiger partial charge in [-0.15, -0.1) is 0 Å². The lowest BCUT2D eigenvalue weighted by molar-refractivity contribution is 0.591. The Labute approximate surface area is 81.5 Å². The number of benzene rings is 1. The number of nitrogens with one attached hydrogen (secondary N) is 1. The van der Waals surface area contributed by atoms with Crippen molar-refractivity contribution < 1.29 is 12.8 Å². The normalized spacial score (nSPS) is 11.9. The highest BCUT2D eigenvalue weighted by Gasteiger charge is 1.94. The zero-order valence-electron chi connectivity index (χ0n) is 7.44. The van der Waals surface area contributed by atoms with Crippen LogP contribution in [0.4, 0.5) is 4.39 Å². The molecule has 0 heterocycles. The van der Waals surface area contributed by atoms with Crippen LogP contribution in [0, 0.1) is 5.82 Å². The van der Waals surface area contributed by atoms with Gasteiger partial charge in [0.1, 0.15) is 5.82 Å². The smallest absolute Gasteiger partial charge is 0.207 e. The van der Waals surface area contributed by atoms with Gasteiger partial charge in [-0.1, -0.05) is 12.1 Å². The molecule has 4 nitrogen and oxygen atoms in total. The fraction of sp³-hybridized carbons (Fsp3) is 0.125. The standard InChI is InChI=1S/C8H9FN2O2S/c1-14(12,13)11-10-6-7-2-4-8(9)5-3-7/h2-6,11H,1H3. The molecule has 0 aromatic heterocycles. The van der Waals surface area contributed by atoms with Gasteiger partial charge < -0.3 is 0 Å². The summed E-state index contributed by atoms with van der Waals surface area (Å²) in [7, 11) is -3.32. The van der Waals surface area contributed by atoms with Crippen LogP contribution in [0.15, 0.2) is 29.4 Å². The lowest BCUT2D eigenvalue weighted by Crippen LogP contribution is -2.15. The highest BCUT2D eigenvalue weighted by Crippen LogP contribution is 1.99. The molecule has 0 bridgehead atoms. The summed E-state index contributed by atoms with van der Waals surface area (Å²) in [5, 5.41) is 3.46. The van der Waals surface area contributed by atoms with Crippen LogP contribution in [-0.4, -0.2) is 20.9 Å². The van der Waals surface area contributed by atoms with Crippen LogP contribution in [0.1, 0.15) is 5.56 Å². The van der Waals surface area contributed by atoms with Crippen LogP contribution in [-0.2, 0) is 10.0 Å². The molecule has 1 N–H and O–H groups in total. The van der Waals surface area contributed by atoms with Gasteiger partial charge in [-0.25, -0.2) is 17.6 Å². The van der Waals surface area contributed by atoms with Crippen molar-refractivity contribution in [2.24, 2.45) is 5.10 Å². The fourth-order valence-corrected chi connectivity index (χ4v) is 0.990. The van der Waals surface area contributed by atoms with E-state index in [2.05, 4.69) is 5.10 Å². The van der Waals surface area contributed by atoms with Crippen molar-refractivity contribution >= 4 is 16.2 Å². The van der Waals surface area contributed by atoms with Crippen LogP contribution in [0.5, 0.6) is 0 Å². The molecule has 6 heteroatoms. The zero-order valence-corrected chi connectivity index (χ0v) is 8.25. The number of hydrogen-bond acceptors (Lipinski definition) is 3. The van der Waals surface area contributed by atoms with E-state index in [4.69, 9.17) is 0 Å². The molecule has 0 saturated heterocycles. The first kappa shape index (κ1) is 10.6. The van der Waals surface area contributed by atoms with Gasteiger partial charge in [-0.3, -0.25) is 0 Å². The van der Waals surface area contributed by atoms with Crippen molar-refractivity contribution in [3.63, 3.8) is 0 Å². The van der Waals surface area contributed by atoms with Gasteiger partial charge in [-0.05, 0) is 17.7 Å². The summed E-state index contributed by atoms with van der Waals surface area (Å²) in [5.74, 6) is -0.349. The molecule has 0 atom stereocenters. The SMILES string of the molecule is CS(=O)(=O)NN=Cc1ccc(F)cc1. The van der Waals surface area contributed by atoms with Crippen LogP contribution in [0.2, 0.25) is 0 Å². The van der Waals surface area contributed by atoms with Gasteiger partial charge in [0.15, 0.2) is 0 Å². The minimum absolute atomic E-state index is 0.349. The van der Waals surface area contributed by atoms with E-state index in [0.29, 0.717) is 5.56 Å². The van der Waals surface area contributed by atoms with Crippen LogP contribution in [0.3, 0.4) is 0 Å². The molecular formula is C8H9FN2O2S. The Morgan fingerprint density at radius 1 is 1.36 bits per heavy atom. The van der Waals surface area contributed by atoms with Gasteiger partial charge in [0, 0.05) is 0 Å². The maximum Gasteiger partial charge on any atom is 0.244 e. The second-order valence-corrected chi connectivity index (χ2v) is 4.40. The first-order valence-corrected chi connectivity index (χ1v) is 5.62. The van der Waals surface area contributed by atoms with Crippen molar-refractivity contribution in [1.29, 1.82) is 0 Å². The summed E-state index contributed by atoms with van der Waals surface area (Å²) in [6.45, 7) is 0. The van der Waals surface area contributed by atoms with Gasteiger partial charge in [0.2, 0.25) is 10.0 Å². The lowest BCUT2D eigenvalue weighted by atomic mass is 10.2. The lowest BCUT2D eigenvalue weighted by Gasteiger charge is -1.94. The topological polar surface area (TPSA) is 58.5 Å². The highest BCUT2D eigenvalue weighted by molar-refractivity contribution is 7.88. The van der Waals surface area contributed by atoms with E-state index < -0.39 is 10.0 Å². The Morgan fingerprint density at radius 3 is 2.43 bits per heavy atom. The molecule has 14 heavy (non-hydrogen) atoms. The largest absolute Gasteiger partial charge is 0.244 e. The molecule has 0 fully saturated rings. The summed E-state index contributed by atoms with van der Waals surface area (Å²) in [6.07, 6.45) is 2.29. The average molecular weight is 216 g/mol. The van der Waals surface area contributed by atoms with E-state index in [0.717, 1.165) is 6.26 Å². The van der Waals surface area contributed by atoms with Crippen molar-refractivity contribution in [3.05, 3.63) is 35.6 Å². The highest BCUT2D eigenvalue weighted by atomic mass is 32.2. The van der Waals surface area contributed by atoms with E-state index in [1.165, 1.54) is 30.5 Å². The summed E-state index contributed by atoms with van der Waals surface area (Å²) in [6, 6.07) is 5.51. The second kappa shape index (κ2) is 4.19. The van der Waals surface area contributed by atoms with Crippen molar-refractivity contribution in [2.75, 3.05) is 6.26 Å². The molecule has 76 valence electrons. The van der Waals surface area contributed by atoms with Gasteiger partial charge >= 0.3 is 0 Å². The third kappa shape index (κ3) is 3.99. The number of hydrazone groups is 1. The summed E-state index contributed by atoms with van der Waals surface area (Å²) < 4.78 is 33.6. The molecule has 0 spiro atoms. The first-order valence-electron chi connectivity index (χ1n) is 3.73. The minimum atomic E-state index is -3.32. The van der Waals surface area contributed by atoms with Crippen LogP contribution >= 0.6 is 0 Å². The van der Waals surface area contributed by atoms with Crippen LogP contribution < -0.4 is 4.83 Å². The Hall–Kier alpha value is -1.43. The van der Waals surface area contributed by atoms with Crippen molar-refractivity contribution in [1.82, 2.24) is 4.83 Å². The number of halogens is 1. The minimum Gasteiger partial charge on any atom is -0.207 e. The van der Waals surface area contributed by atoms with E-state index >= 15 is 0 Å². The van der Waals surface area contributed by atoms with E-state index in [-0.39, 0.29) is 5.82 Å². The molecule has 1 aromatic carbocycles. The quantitative estimate of drug-likeness (QED) is 0.597. The molecule has 0 saturated carbocycles. The number of nitrogens with zero attached hydrogens (tertiary/aromatic N) is 1. The Morgan fingerprint density at radius 2 is 1.93 bits per heavy atom. The molecule has 1 rings (SSSR count). The van der Waals surface area contributed by atoms with E-state index in [9.17, 15) is 12.8 Å². The maximum absolute atomic E-state index is 12.4. The predicted octanol–water partition coefficient (Wildman–Crippen LogP) is 0.709. The average Bonchev–Trinajstić information content (AvgIpc) is 2.06. The molecule has 0 aliphatic carbocycles. The second-order valence-electron chi connectivity index (χ2n) is 2.67. The first-order chi connectivity index (χ1) is 6.47. The number of sulfonamides is 1. The summed E-state index contributed by atoms with van der Waals surface area (Å²) in [4.78, 5) is 1.93. The predicted molar refractivity (Wildman–Crippen MR) is 52.0 cm³/mol.